The molecule has 0 amide bonds. The summed E-state index contributed by atoms with van der Waals surface area (Å²) < 4.78 is 15.2. The number of esters is 1. The van der Waals surface area contributed by atoms with Gasteiger partial charge in [0.25, 0.3) is 0 Å². The van der Waals surface area contributed by atoms with E-state index in [1.54, 1.807) is 6.92 Å². The third-order valence-electron chi connectivity index (χ3n) is 8.43. The Morgan fingerprint density at radius 3 is 2.07 bits per heavy atom. The summed E-state index contributed by atoms with van der Waals surface area (Å²) >= 11 is 16.5. The number of nitrogens with zero attached hydrogens (tertiary/aromatic N) is 2. The van der Waals surface area contributed by atoms with Gasteiger partial charge in [0.1, 0.15) is 0 Å². The molecule has 1 aromatic heterocycles. The molecule has 2 atom stereocenters. The molecule has 0 radical (unpaired) electrons. The van der Waals surface area contributed by atoms with Crippen LogP contribution in [0.25, 0.3) is 0 Å². The van der Waals surface area contributed by atoms with E-state index in [1.165, 1.54) is 0 Å². The molecule has 9 heteroatoms. The minimum absolute atomic E-state index is 0.108. The fourth-order valence-electron chi connectivity index (χ4n) is 6.51. The van der Waals surface area contributed by atoms with Crippen molar-refractivity contribution in [3.05, 3.63) is 85.3 Å². The molecule has 3 aromatic rings. The molecule has 5 nitrogen and oxygen atoms in total. The molecule has 2 aromatic carbocycles. The monoisotopic (exact) mass is 694 g/mol. The molecule has 0 aliphatic heterocycles. The quantitative estimate of drug-likeness (QED) is 0.132. The van der Waals surface area contributed by atoms with E-state index in [0.717, 1.165) is 22.4 Å². The third-order valence-corrected chi connectivity index (χ3v) is 15.6. The highest BCUT2D eigenvalue weighted by Crippen LogP contribution is 2.43. The van der Waals surface area contributed by atoms with Crippen LogP contribution in [0.15, 0.2) is 47.2 Å². The second-order valence-electron chi connectivity index (χ2n) is 12.1. The predicted molar refractivity (Wildman–Crippen MR) is 181 cm³/mol. The first kappa shape index (κ1) is 34.8. The Hall–Kier alpha value is -1.64. The average molecular weight is 697 g/mol. The molecule has 42 heavy (non-hydrogen) atoms. The number of carbonyl (C=O) groups is 1. The van der Waals surface area contributed by atoms with E-state index in [4.69, 9.17) is 37.3 Å². The summed E-state index contributed by atoms with van der Waals surface area (Å²) in [6.07, 6.45) is 0.606. The van der Waals surface area contributed by atoms with Crippen LogP contribution in [0.5, 0.6) is 0 Å². The number of aryl methyl sites for hydroxylation is 1. The second kappa shape index (κ2) is 14.9. The zero-order valence-electron chi connectivity index (χ0n) is 26.3. The van der Waals surface area contributed by atoms with Crippen molar-refractivity contribution in [3.8, 4) is 0 Å². The third kappa shape index (κ3) is 7.52. The lowest BCUT2D eigenvalue weighted by Crippen LogP contribution is -2.48. The topological polar surface area (TPSA) is 53.3 Å². The lowest BCUT2D eigenvalue weighted by atomic mass is 9.86. The van der Waals surface area contributed by atoms with E-state index in [1.807, 2.05) is 42.5 Å². The van der Waals surface area contributed by atoms with Crippen LogP contribution in [-0.2, 0) is 15.6 Å². The highest BCUT2D eigenvalue weighted by Gasteiger charge is 2.45. The van der Waals surface area contributed by atoms with E-state index < -0.39 is 14.3 Å². The van der Waals surface area contributed by atoms with Gasteiger partial charge in [0.15, 0.2) is 18.7 Å². The smallest absolute Gasteiger partial charge is 0.358 e. The van der Waals surface area contributed by atoms with Crippen molar-refractivity contribution in [2.24, 2.45) is 0 Å². The first-order valence-electron chi connectivity index (χ1n) is 14.8. The summed E-state index contributed by atoms with van der Waals surface area (Å²) in [4.78, 5) is 18.2. The second-order valence-corrected chi connectivity index (χ2v) is 19.1. The summed E-state index contributed by atoms with van der Waals surface area (Å²) in [5.74, 6) is -0.681. The Labute approximate surface area is 271 Å². The van der Waals surface area contributed by atoms with E-state index in [-0.39, 0.29) is 18.6 Å². The highest BCUT2D eigenvalue weighted by atomic mass is 79.9. The van der Waals surface area contributed by atoms with Crippen LogP contribution in [0.2, 0.25) is 26.7 Å². The number of rotatable bonds is 13. The average Bonchev–Trinajstić information content (AvgIpc) is 3.26. The van der Waals surface area contributed by atoms with Gasteiger partial charge in [0.2, 0.25) is 0 Å². The molecule has 0 aliphatic carbocycles. The minimum atomic E-state index is -2.13. The normalized spacial score (nSPS) is 13.7. The van der Waals surface area contributed by atoms with E-state index in [0.29, 0.717) is 50.1 Å². The molecule has 0 bridgehead atoms. The van der Waals surface area contributed by atoms with E-state index in [9.17, 15) is 4.79 Å². The molecular formula is C33H45BrCl2N2O3Si. The summed E-state index contributed by atoms with van der Waals surface area (Å²) in [6.45, 7) is 20.5. The fourth-order valence-corrected chi connectivity index (χ4v) is 13.1. The molecule has 0 aliphatic rings. The highest BCUT2D eigenvalue weighted by molar-refractivity contribution is 9.10. The minimum Gasteiger partial charge on any atom is -0.461 e. The fraction of sp³-hybridized carbons (Fsp3) is 0.515. The molecule has 0 saturated heterocycles. The number of aromatic nitrogens is 2. The number of carbonyl (C=O) groups excluding carboxylic acids is 1. The summed E-state index contributed by atoms with van der Waals surface area (Å²) in [7, 11) is -2.13. The lowest BCUT2D eigenvalue weighted by molar-refractivity contribution is 0.0517. The molecule has 0 saturated carbocycles. The van der Waals surface area contributed by atoms with Crippen molar-refractivity contribution in [1.82, 2.24) is 9.55 Å². The maximum atomic E-state index is 13.4. The first-order chi connectivity index (χ1) is 19.7. The van der Waals surface area contributed by atoms with Gasteiger partial charge < -0.3 is 13.7 Å². The summed E-state index contributed by atoms with van der Waals surface area (Å²) in [5, 5.41) is 1.32. The molecule has 230 valence electrons. The number of hydrogen-bond acceptors (Lipinski definition) is 4. The van der Waals surface area contributed by atoms with Crippen LogP contribution in [0.3, 0.4) is 0 Å². The number of halogens is 3. The molecule has 0 spiro atoms. The molecule has 1 unspecified atom stereocenters. The standard InChI is InChI=1S/C33H45BrCl2N2O3Si/c1-10-40-32(39)30-31(29(25-12-15-27(35)16-13-25)18-26-17-28(36)14-11-23(26)8)38(33(34)37-30)24(9)19-41-42(20(2)3,21(4)5)22(6)7/h11-17,20-22,24,29H,10,18-19H2,1-9H3/t24-,29?/m0/s1. The van der Waals surface area contributed by atoms with Gasteiger partial charge in [0, 0.05) is 16.0 Å². The van der Waals surface area contributed by atoms with Gasteiger partial charge in [-0.25, -0.2) is 9.78 Å². The van der Waals surface area contributed by atoms with Crippen molar-refractivity contribution in [3.63, 3.8) is 0 Å². The van der Waals surface area contributed by atoms with Crippen molar-refractivity contribution in [2.75, 3.05) is 13.2 Å². The first-order valence-corrected chi connectivity index (χ1v) is 18.5. The van der Waals surface area contributed by atoms with Gasteiger partial charge in [-0.1, -0.05) is 82.9 Å². The van der Waals surface area contributed by atoms with Gasteiger partial charge in [-0.15, -0.1) is 0 Å². The van der Waals surface area contributed by atoms with Crippen LogP contribution >= 0.6 is 39.1 Å². The zero-order chi connectivity index (χ0) is 31.4. The van der Waals surface area contributed by atoms with Crippen molar-refractivity contribution in [2.45, 2.75) is 97.3 Å². The summed E-state index contributed by atoms with van der Waals surface area (Å²) in [5.41, 5.74) is 5.69. The van der Waals surface area contributed by atoms with Gasteiger partial charge in [0.05, 0.1) is 24.9 Å². The van der Waals surface area contributed by atoms with Crippen LogP contribution in [0.1, 0.15) is 100 Å². The molecule has 1 heterocycles. The Kier molecular flexibility index (Phi) is 12.4. The molecule has 0 fully saturated rings. The van der Waals surface area contributed by atoms with Crippen LogP contribution in [0.4, 0.5) is 0 Å². The maximum absolute atomic E-state index is 13.4. The van der Waals surface area contributed by atoms with Crippen molar-refractivity contribution in [1.29, 1.82) is 0 Å². The zero-order valence-corrected chi connectivity index (χ0v) is 30.4. The number of hydrogen-bond donors (Lipinski definition) is 0. The van der Waals surface area contributed by atoms with Crippen LogP contribution in [-0.4, -0.2) is 37.1 Å². The van der Waals surface area contributed by atoms with Crippen LogP contribution in [0, 0.1) is 6.92 Å². The summed E-state index contributed by atoms with van der Waals surface area (Å²) in [6, 6.07) is 13.6. The number of benzene rings is 2. The largest absolute Gasteiger partial charge is 0.461 e. The number of imidazole rings is 1. The van der Waals surface area contributed by atoms with E-state index >= 15 is 0 Å². The molecular weight excluding hydrogens is 651 g/mol. The Morgan fingerprint density at radius 2 is 1.52 bits per heavy atom. The predicted octanol–water partition coefficient (Wildman–Crippen LogP) is 10.6. The van der Waals surface area contributed by atoms with Gasteiger partial charge in [-0.2, -0.15) is 0 Å². The Balaban J connectivity index is 2.22. The molecule has 0 N–H and O–H groups in total. The van der Waals surface area contributed by atoms with Gasteiger partial charge in [-0.05, 0) is 101 Å². The Bertz CT molecular complexity index is 1340. The van der Waals surface area contributed by atoms with Crippen molar-refractivity contribution >= 4 is 53.4 Å². The van der Waals surface area contributed by atoms with Gasteiger partial charge in [-0.3, -0.25) is 0 Å². The maximum Gasteiger partial charge on any atom is 0.358 e. The van der Waals surface area contributed by atoms with Gasteiger partial charge >= 0.3 is 5.97 Å². The number of ether oxygens (including phenoxy) is 1. The van der Waals surface area contributed by atoms with Crippen molar-refractivity contribution < 1.29 is 14.0 Å². The lowest BCUT2D eigenvalue weighted by Gasteiger charge is -2.43. The van der Waals surface area contributed by atoms with Crippen LogP contribution < -0.4 is 0 Å². The molecule has 3 rings (SSSR count). The van der Waals surface area contributed by atoms with E-state index in [2.05, 4.69) is 75.9 Å². The Morgan fingerprint density at radius 1 is 0.952 bits per heavy atom. The SMILES string of the molecule is CCOC(=O)c1nc(Br)n([C@@H](C)CO[Si](C(C)C)(C(C)C)C(C)C)c1C(Cc1cc(Cl)ccc1C)c1ccc(Cl)cc1.